The van der Waals surface area contributed by atoms with Gasteiger partial charge in [-0.1, -0.05) is 25.0 Å². The van der Waals surface area contributed by atoms with Gasteiger partial charge in [-0.25, -0.2) is 4.99 Å². The fourth-order valence-corrected chi connectivity index (χ4v) is 6.53. The Bertz CT molecular complexity index is 1280. The molecule has 0 unspecified atom stereocenters. The molecular formula is C29H33IN2O3S. The molecule has 7 heteroatoms. The van der Waals surface area contributed by atoms with E-state index < -0.39 is 0 Å². The van der Waals surface area contributed by atoms with E-state index in [1.54, 1.807) is 18.4 Å². The van der Waals surface area contributed by atoms with Gasteiger partial charge in [0.05, 0.1) is 22.9 Å². The molecule has 190 valence electrons. The number of fused-ring (bicyclic) bond motifs is 1. The number of benzene rings is 2. The van der Waals surface area contributed by atoms with Crippen LogP contribution in [0.1, 0.15) is 70.1 Å². The normalized spacial score (nSPS) is 13.7. The molecule has 1 heterocycles. The van der Waals surface area contributed by atoms with Crippen molar-refractivity contribution in [2.45, 2.75) is 59.3 Å². The number of hydrogen-bond donors (Lipinski definition) is 1. The molecule has 0 bridgehead atoms. The standard InChI is InChI=1S/C29H33IN2O3S/c1-5-35-27-22(30)15-20(16-24(27)34-4)17-31-29-26(21-10-8-6-7-9-11-25(21)36-29)28(33)32-23-14-18(2)12-13-19(23)3/h12-17H,5-11H2,1-4H3,(H,32,33). The fraction of sp³-hybridized carbons (Fsp3) is 0.379. The van der Waals surface area contributed by atoms with Crippen molar-refractivity contribution >= 4 is 56.7 Å². The number of methoxy groups -OCH3 is 1. The third kappa shape index (κ3) is 6.11. The van der Waals surface area contributed by atoms with Crippen molar-refractivity contribution in [3.8, 4) is 11.5 Å². The van der Waals surface area contributed by atoms with Crippen LogP contribution in [-0.4, -0.2) is 25.8 Å². The van der Waals surface area contributed by atoms with Gasteiger partial charge in [-0.15, -0.1) is 11.3 Å². The number of hydrogen-bond acceptors (Lipinski definition) is 5. The summed E-state index contributed by atoms with van der Waals surface area (Å²) >= 11 is 3.92. The van der Waals surface area contributed by atoms with Crippen LogP contribution in [0.15, 0.2) is 35.3 Å². The number of rotatable bonds is 7. The van der Waals surface area contributed by atoms with Crippen LogP contribution in [0.5, 0.6) is 11.5 Å². The van der Waals surface area contributed by atoms with E-state index in [2.05, 4.69) is 34.0 Å². The number of carbonyl (C=O) groups excluding carboxylic acids is 1. The number of amides is 1. The first-order valence-corrected chi connectivity index (χ1v) is 14.4. The van der Waals surface area contributed by atoms with Gasteiger partial charge in [0.15, 0.2) is 11.5 Å². The first-order valence-electron chi connectivity index (χ1n) is 12.5. The van der Waals surface area contributed by atoms with Crippen molar-refractivity contribution in [3.05, 3.63) is 66.6 Å². The van der Waals surface area contributed by atoms with Crippen LogP contribution in [0.2, 0.25) is 0 Å². The summed E-state index contributed by atoms with van der Waals surface area (Å²) in [6.07, 6.45) is 8.46. The molecule has 1 aromatic heterocycles. The summed E-state index contributed by atoms with van der Waals surface area (Å²) < 4.78 is 12.3. The van der Waals surface area contributed by atoms with Gasteiger partial charge in [0, 0.05) is 16.8 Å². The van der Waals surface area contributed by atoms with Crippen molar-refractivity contribution < 1.29 is 14.3 Å². The Morgan fingerprint density at radius 1 is 1.14 bits per heavy atom. The molecule has 36 heavy (non-hydrogen) atoms. The van der Waals surface area contributed by atoms with Crippen LogP contribution >= 0.6 is 33.9 Å². The van der Waals surface area contributed by atoms with E-state index in [-0.39, 0.29) is 5.91 Å². The van der Waals surface area contributed by atoms with E-state index in [0.717, 1.165) is 67.9 Å². The van der Waals surface area contributed by atoms with Gasteiger partial charge in [-0.05, 0) is 109 Å². The highest BCUT2D eigenvalue weighted by molar-refractivity contribution is 14.1. The fourth-order valence-electron chi connectivity index (χ4n) is 4.52. The lowest BCUT2D eigenvalue weighted by atomic mass is 9.96. The Labute approximate surface area is 231 Å². The summed E-state index contributed by atoms with van der Waals surface area (Å²) in [5.74, 6) is 1.34. The van der Waals surface area contributed by atoms with Gasteiger partial charge in [-0.2, -0.15) is 0 Å². The highest BCUT2D eigenvalue weighted by Gasteiger charge is 2.24. The minimum absolute atomic E-state index is 0.0761. The van der Waals surface area contributed by atoms with E-state index in [0.29, 0.717) is 12.4 Å². The van der Waals surface area contributed by atoms with Gasteiger partial charge in [0.25, 0.3) is 5.91 Å². The SMILES string of the molecule is CCOc1c(I)cc(C=Nc2sc3c(c2C(=O)Nc2cc(C)ccc2C)CCCCCC3)cc1OC. The quantitative estimate of drug-likeness (QED) is 0.216. The summed E-state index contributed by atoms with van der Waals surface area (Å²) in [5.41, 5.74) is 5.82. The third-order valence-electron chi connectivity index (χ3n) is 6.39. The molecule has 1 aliphatic rings. The van der Waals surface area contributed by atoms with Crippen molar-refractivity contribution in [2.24, 2.45) is 4.99 Å². The molecule has 1 amide bonds. The van der Waals surface area contributed by atoms with Crippen LogP contribution < -0.4 is 14.8 Å². The second kappa shape index (κ2) is 12.2. The molecule has 0 aliphatic heterocycles. The Morgan fingerprint density at radius 3 is 2.67 bits per heavy atom. The number of nitrogens with one attached hydrogen (secondary N) is 1. The molecule has 0 saturated carbocycles. The average molecular weight is 617 g/mol. The summed E-state index contributed by atoms with van der Waals surface area (Å²) in [5, 5.41) is 3.95. The Kier molecular flexibility index (Phi) is 9.06. The number of aliphatic imine (C=N–C) groups is 1. The van der Waals surface area contributed by atoms with Crippen molar-refractivity contribution in [3.63, 3.8) is 0 Å². The number of anilines is 1. The second-order valence-corrected chi connectivity index (χ2v) is 11.3. The Morgan fingerprint density at radius 2 is 1.92 bits per heavy atom. The highest BCUT2D eigenvalue weighted by Crippen LogP contribution is 2.40. The molecule has 0 atom stereocenters. The molecule has 1 N–H and O–H groups in total. The zero-order chi connectivity index (χ0) is 25.7. The third-order valence-corrected chi connectivity index (χ3v) is 8.39. The van der Waals surface area contributed by atoms with Crippen LogP contribution in [0.4, 0.5) is 10.7 Å². The van der Waals surface area contributed by atoms with Gasteiger partial charge in [0.2, 0.25) is 0 Å². The average Bonchev–Trinajstić information content (AvgIpc) is 3.17. The minimum Gasteiger partial charge on any atom is -0.493 e. The number of thiophene rings is 1. The molecule has 0 spiro atoms. The zero-order valence-electron chi connectivity index (χ0n) is 21.4. The predicted octanol–water partition coefficient (Wildman–Crippen LogP) is 8.04. The first-order chi connectivity index (χ1) is 17.4. The number of aryl methyl sites for hydroxylation is 3. The predicted molar refractivity (Wildman–Crippen MR) is 158 cm³/mol. The maximum Gasteiger partial charge on any atom is 0.259 e. The summed E-state index contributed by atoms with van der Waals surface area (Å²) in [7, 11) is 1.64. The lowest BCUT2D eigenvalue weighted by Crippen LogP contribution is -2.15. The number of carbonyl (C=O) groups is 1. The molecule has 1 aliphatic carbocycles. The summed E-state index contributed by atoms with van der Waals surface area (Å²) in [6, 6.07) is 10.1. The van der Waals surface area contributed by atoms with Crippen LogP contribution in [-0.2, 0) is 12.8 Å². The molecular weight excluding hydrogens is 583 g/mol. The Balaban J connectivity index is 1.73. The van der Waals surface area contributed by atoms with Gasteiger partial charge < -0.3 is 14.8 Å². The smallest absolute Gasteiger partial charge is 0.259 e. The zero-order valence-corrected chi connectivity index (χ0v) is 24.3. The van der Waals surface area contributed by atoms with E-state index in [1.807, 2.05) is 51.3 Å². The van der Waals surface area contributed by atoms with E-state index in [9.17, 15) is 4.79 Å². The van der Waals surface area contributed by atoms with Gasteiger partial charge in [-0.3, -0.25) is 4.79 Å². The van der Waals surface area contributed by atoms with E-state index in [1.165, 1.54) is 23.3 Å². The second-order valence-electron chi connectivity index (χ2n) is 9.10. The van der Waals surface area contributed by atoms with Gasteiger partial charge >= 0.3 is 0 Å². The largest absolute Gasteiger partial charge is 0.493 e. The molecule has 4 rings (SSSR count). The van der Waals surface area contributed by atoms with Crippen molar-refractivity contribution in [1.29, 1.82) is 0 Å². The van der Waals surface area contributed by atoms with Crippen LogP contribution in [0.3, 0.4) is 0 Å². The summed E-state index contributed by atoms with van der Waals surface area (Å²) in [4.78, 5) is 19.9. The van der Waals surface area contributed by atoms with E-state index >= 15 is 0 Å². The monoisotopic (exact) mass is 616 g/mol. The highest BCUT2D eigenvalue weighted by atomic mass is 127. The molecule has 5 nitrogen and oxygen atoms in total. The molecule has 3 aromatic rings. The lowest BCUT2D eigenvalue weighted by molar-refractivity contribution is 0.102. The molecule has 0 fully saturated rings. The summed E-state index contributed by atoms with van der Waals surface area (Å²) in [6.45, 7) is 6.59. The minimum atomic E-state index is -0.0761. The van der Waals surface area contributed by atoms with E-state index in [4.69, 9.17) is 14.5 Å². The molecule has 0 saturated heterocycles. The van der Waals surface area contributed by atoms with Crippen molar-refractivity contribution in [1.82, 2.24) is 0 Å². The molecule has 0 radical (unpaired) electrons. The topological polar surface area (TPSA) is 59.9 Å². The maximum atomic E-state index is 13.7. The van der Waals surface area contributed by atoms with Gasteiger partial charge in [0.1, 0.15) is 5.00 Å². The lowest BCUT2D eigenvalue weighted by Gasteiger charge is -2.13. The number of ether oxygens (including phenoxy) is 2. The number of halogens is 1. The molecule has 2 aromatic carbocycles. The van der Waals surface area contributed by atoms with Crippen molar-refractivity contribution in [2.75, 3.05) is 19.0 Å². The Hall–Kier alpha value is -2.39. The maximum absolute atomic E-state index is 13.7. The van der Waals surface area contributed by atoms with Crippen LogP contribution in [0.25, 0.3) is 0 Å². The first kappa shape index (κ1) is 26.7. The number of nitrogens with zero attached hydrogens (tertiary/aromatic N) is 1. The van der Waals surface area contributed by atoms with Crippen LogP contribution in [0, 0.1) is 17.4 Å².